The summed E-state index contributed by atoms with van der Waals surface area (Å²) >= 11 is 0. The monoisotopic (exact) mass is 328 g/mol. The number of benzene rings is 1. The van der Waals surface area contributed by atoms with Gasteiger partial charge < -0.3 is 0 Å². The average molecular weight is 328 g/mol. The normalized spacial score (nSPS) is 21.9. The van der Waals surface area contributed by atoms with Crippen LogP contribution in [0.15, 0.2) is 24.3 Å². The molecule has 0 radical (unpaired) electrons. The van der Waals surface area contributed by atoms with E-state index >= 15 is 0 Å². The average Bonchev–Trinajstić information content (AvgIpc) is 2.55. The standard InChI is InChI=1S/C19H24F4/c20-11-3-1-2-4-14-5-7-15(8-6-14)9-10-16-12-17(21)19(23)18(22)13-16/h2,4,12-15H,1,3,5-11H2/t14-,15-. The molecule has 0 N–H and O–H groups in total. The van der Waals surface area contributed by atoms with Gasteiger partial charge in [0.05, 0.1) is 6.67 Å². The van der Waals surface area contributed by atoms with Gasteiger partial charge in [-0.3, -0.25) is 4.39 Å². The Morgan fingerprint density at radius 3 is 2.26 bits per heavy atom. The van der Waals surface area contributed by atoms with Gasteiger partial charge in [0.15, 0.2) is 17.5 Å². The number of halogens is 4. The molecule has 1 saturated carbocycles. The molecule has 0 saturated heterocycles. The second-order valence-electron chi connectivity index (χ2n) is 6.45. The molecular formula is C19H24F4. The molecule has 1 aromatic carbocycles. The maximum atomic E-state index is 13.2. The minimum Gasteiger partial charge on any atom is -0.251 e. The molecule has 0 heterocycles. The van der Waals surface area contributed by atoms with Crippen LogP contribution >= 0.6 is 0 Å². The number of unbranched alkanes of at least 4 members (excludes halogenated alkanes) is 1. The van der Waals surface area contributed by atoms with Crippen molar-refractivity contribution in [2.24, 2.45) is 11.8 Å². The molecule has 0 atom stereocenters. The highest BCUT2D eigenvalue weighted by Gasteiger charge is 2.19. The Morgan fingerprint density at radius 1 is 1.00 bits per heavy atom. The summed E-state index contributed by atoms with van der Waals surface area (Å²) in [6.07, 6.45) is 11.6. The van der Waals surface area contributed by atoms with Gasteiger partial charge in [-0.05, 0) is 80.9 Å². The number of alkyl halides is 1. The van der Waals surface area contributed by atoms with Crippen LogP contribution in [0, 0.1) is 29.3 Å². The molecule has 0 unspecified atom stereocenters. The van der Waals surface area contributed by atoms with E-state index in [0.717, 1.165) is 50.7 Å². The van der Waals surface area contributed by atoms with Crippen LogP contribution in [-0.2, 0) is 6.42 Å². The van der Waals surface area contributed by atoms with E-state index < -0.39 is 17.5 Å². The van der Waals surface area contributed by atoms with Crippen LogP contribution in [0.2, 0.25) is 0 Å². The summed E-state index contributed by atoms with van der Waals surface area (Å²) in [4.78, 5) is 0. The third-order valence-electron chi connectivity index (χ3n) is 4.69. The summed E-state index contributed by atoms with van der Waals surface area (Å²) < 4.78 is 51.3. The largest absolute Gasteiger partial charge is 0.251 e. The lowest BCUT2D eigenvalue weighted by Crippen LogP contribution is -2.14. The molecular weight excluding hydrogens is 304 g/mol. The van der Waals surface area contributed by atoms with Crippen LogP contribution < -0.4 is 0 Å². The zero-order chi connectivity index (χ0) is 16.7. The Balaban J connectivity index is 1.73. The van der Waals surface area contributed by atoms with Gasteiger partial charge in [0, 0.05) is 0 Å². The Hall–Kier alpha value is -1.32. The molecule has 4 heteroatoms. The van der Waals surface area contributed by atoms with E-state index in [9.17, 15) is 17.6 Å². The van der Waals surface area contributed by atoms with Crippen molar-refractivity contribution < 1.29 is 17.6 Å². The fourth-order valence-electron chi connectivity index (χ4n) is 3.28. The molecule has 1 aliphatic rings. The van der Waals surface area contributed by atoms with E-state index in [-0.39, 0.29) is 6.67 Å². The molecule has 0 nitrogen and oxygen atoms in total. The quantitative estimate of drug-likeness (QED) is 0.244. The van der Waals surface area contributed by atoms with Crippen LogP contribution in [0.1, 0.15) is 50.5 Å². The van der Waals surface area contributed by atoms with E-state index in [2.05, 4.69) is 12.2 Å². The van der Waals surface area contributed by atoms with Crippen molar-refractivity contribution in [3.8, 4) is 0 Å². The maximum absolute atomic E-state index is 13.2. The Morgan fingerprint density at radius 2 is 1.65 bits per heavy atom. The van der Waals surface area contributed by atoms with E-state index in [1.807, 2.05) is 0 Å². The van der Waals surface area contributed by atoms with Crippen molar-refractivity contribution in [2.75, 3.05) is 6.67 Å². The molecule has 1 aromatic rings. The fraction of sp³-hybridized carbons (Fsp3) is 0.579. The van der Waals surface area contributed by atoms with Gasteiger partial charge in [-0.15, -0.1) is 0 Å². The highest BCUT2D eigenvalue weighted by Crippen LogP contribution is 2.32. The van der Waals surface area contributed by atoms with Crippen molar-refractivity contribution in [3.63, 3.8) is 0 Å². The summed E-state index contributed by atoms with van der Waals surface area (Å²) in [5, 5.41) is 0. The zero-order valence-corrected chi connectivity index (χ0v) is 13.3. The van der Waals surface area contributed by atoms with Crippen molar-refractivity contribution in [3.05, 3.63) is 47.3 Å². The minimum atomic E-state index is -1.39. The molecule has 1 fully saturated rings. The first-order valence-electron chi connectivity index (χ1n) is 8.46. The Labute approximate surface area is 135 Å². The van der Waals surface area contributed by atoms with E-state index in [0.29, 0.717) is 30.2 Å². The first-order valence-corrected chi connectivity index (χ1v) is 8.46. The topological polar surface area (TPSA) is 0 Å². The number of allylic oxidation sites excluding steroid dienone is 2. The second kappa shape index (κ2) is 9.09. The molecule has 0 aliphatic heterocycles. The predicted molar refractivity (Wildman–Crippen MR) is 84.4 cm³/mol. The summed E-state index contributed by atoms with van der Waals surface area (Å²) in [5.41, 5.74) is 0.523. The van der Waals surface area contributed by atoms with Crippen LogP contribution in [0.5, 0.6) is 0 Å². The minimum absolute atomic E-state index is 0.262. The Kier molecular flexibility index (Phi) is 7.13. The first-order chi connectivity index (χ1) is 11.1. The summed E-state index contributed by atoms with van der Waals surface area (Å²) in [6, 6.07) is 2.19. The van der Waals surface area contributed by atoms with E-state index in [4.69, 9.17) is 0 Å². The third kappa shape index (κ3) is 5.67. The van der Waals surface area contributed by atoms with Gasteiger partial charge >= 0.3 is 0 Å². The number of hydrogen-bond donors (Lipinski definition) is 0. The van der Waals surface area contributed by atoms with E-state index in [1.165, 1.54) is 0 Å². The number of rotatable bonds is 7. The van der Waals surface area contributed by atoms with Crippen LogP contribution in [0.25, 0.3) is 0 Å². The first kappa shape index (κ1) is 18.0. The van der Waals surface area contributed by atoms with Crippen LogP contribution in [-0.4, -0.2) is 6.67 Å². The maximum Gasteiger partial charge on any atom is 0.194 e. The summed E-state index contributed by atoms with van der Waals surface area (Å²) in [7, 11) is 0. The highest BCUT2D eigenvalue weighted by atomic mass is 19.2. The second-order valence-corrected chi connectivity index (χ2v) is 6.45. The number of aryl methyl sites for hydroxylation is 1. The predicted octanol–water partition coefficient (Wildman–Crippen LogP) is 6.15. The molecule has 2 rings (SSSR count). The highest BCUT2D eigenvalue weighted by molar-refractivity contribution is 5.19. The lowest BCUT2D eigenvalue weighted by molar-refractivity contribution is 0.295. The van der Waals surface area contributed by atoms with Gasteiger partial charge in [-0.25, -0.2) is 13.2 Å². The van der Waals surface area contributed by atoms with Crippen molar-refractivity contribution in [1.29, 1.82) is 0 Å². The molecule has 23 heavy (non-hydrogen) atoms. The van der Waals surface area contributed by atoms with Crippen molar-refractivity contribution in [2.45, 2.75) is 51.4 Å². The zero-order valence-electron chi connectivity index (χ0n) is 13.3. The molecule has 0 amide bonds. The molecule has 1 aliphatic carbocycles. The molecule has 0 bridgehead atoms. The smallest absolute Gasteiger partial charge is 0.194 e. The van der Waals surface area contributed by atoms with Gasteiger partial charge in [-0.2, -0.15) is 0 Å². The molecule has 0 aromatic heterocycles. The summed E-state index contributed by atoms with van der Waals surface area (Å²) in [5.74, 6) is -2.48. The number of hydrogen-bond acceptors (Lipinski definition) is 0. The van der Waals surface area contributed by atoms with Gasteiger partial charge in [0.2, 0.25) is 0 Å². The SMILES string of the molecule is FCCCC=C[C@H]1CC[C@H](CCc2cc(F)c(F)c(F)c2)CC1. The van der Waals surface area contributed by atoms with E-state index in [1.54, 1.807) is 0 Å². The van der Waals surface area contributed by atoms with Gasteiger partial charge in [0.1, 0.15) is 0 Å². The Bertz CT molecular complexity index is 493. The third-order valence-corrected chi connectivity index (χ3v) is 4.69. The lowest BCUT2D eigenvalue weighted by atomic mass is 9.79. The van der Waals surface area contributed by atoms with Crippen LogP contribution in [0.3, 0.4) is 0 Å². The van der Waals surface area contributed by atoms with Gasteiger partial charge in [-0.1, -0.05) is 12.2 Å². The molecule has 0 spiro atoms. The molecule has 128 valence electrons. The van der Waals surface area contributed by atoms with Gasteiger partial charge in [0.25, 0.3) is 0 Å². The fourth-order valence-corrected chi connectivity index (χ4v) is 3.28. The summed E-state index contributed by atoms with van der Waals surface area (Å²) in [6.45, 7) is -0.262. The van der Waals surface area contributed by atoms with Crippen molar-refractivity contribution in [1.82, 2.24) is 0 Å². The lowest BCUT2D eigenvalue weighted by Gasteiger charge is -2.26. The van der Waals surface area contributed by atoms with Crippen LogP contribution in [0.4, 0.5) is 17.6 Å². The van der Waals surface area contributed by atoms with Crippen molar-refractivity contribution >= 4 is 0 Å².